The average Bonchev–Trinajstić information content (AvgIpc) is 3.55. The number of hydrogen-bond donors (Lipinski definition) is 0. The zero-order valence-electron chi connectivity index (χ0n) is 20.6. The fraction of sp³-hybridized carbons (Fsp3) is 0.345. The molecule has 4 aromatic rings. The highest BCUT2D eigenvalue weighted by Crippen LogP contribution is 2.29. The van der Waals surface area contributed by atoms with Gasteiger partial charge in [-0.15, -0.1) is 0 Å². The fourth-order valence-electron chi connectivity index (χ4n) is 5.11. The fourth-order valence-corrected chi connectivity index (χ4v) is 5.23. The van der Waals surface area contributed by atoms with Crippen molar-refractivity contribution in [3.05, 3.63) is 87.8 Å². The van der Waals surface area contributed by atoms with Crippen LogP contribution in [0.3, 0.4) is 0 Å². The van der Waals surface area contributed by atoms with E-state index in [1.807, 2.05) is 54.6 Å². The van der Waals surface area contributed by atoms with E-state index in [1.54, 1.807) is 16.7 Å². The van der Waals surface area contributed by atoms with Gasteiger partial charge in [-0.1, -0.05) is 73.8 Å². The third-order valence-electron chi connectivity index (χ3n) is 6.96. The van der Waals surface area contributed by atoms with E-state index in [4.69, 9.17) is 16.6 Å². The van der Waals surface area contributed by atoms with Crippen LogP contribution in [0.2, 0.25) is 5.02 Å². The summed E-state index contributed by atoms with van der Waals surface area (Å²) in [5.41, 5.74) is 2.51. The number of imidazole rings is 1. The van der Waals surface area contributed by atoms with Crippen molar-refractivity contribution in [2.75, 3.05) is 11.4 Å². The molecule has 2 aromatic carbocycles. The number of nitrogens with zero attached hydrogens (tertiary/aromatic N) is 4. The van der Waals surface area contributed by atoms with Crippen molar-refractivity contribution < 1.29 is 4.79 Å². The molecule has 0 N–H and O–H groups in total. The molecule has 2 aromatic heterocycles. The van der Waals surface area contributed by atoms with Crippen molar-refractivity contribution in [2.45, 2.75) is 58.0 Å². The van der Waals surface area contributed by atoms with Crippen LogP contribution in [0.5, 0.6) is 0 Å². The summed E-state index contributed by atoms with van der Waals surface area (Å²) < 4.78 is 3.75. The molecule has 0 saturated carbocycles. The molecular weight excluding hydrogens is 472 g/mol. The maximum absolute atomic E-state index is 13.4. The molecule has 36 heavy (non-hydrogen) atoms. The van der Waals surface area contributed by atoms with Gasteiger partial charge < -0.3 is 4.90 Å². The summed E-state index contributed by atoms with van der Waals surface area (Å²) in [6, 6.07) is 18.8. The molecule has 186 valence electrons. The second-order valence-electron chi connectivity index (χ2n) is 9.48. The first-order chi connectivity index (χ1) is 17.5. The lowest BCUT2D eigenvalue weighted by molar-refractivity contribution is -0.119. The van der Waals surface area contributed by atoms with Gasteiger partial charge in [0.2, 0.25) is 5.78 Å². The molecule has 6 nitrogen and oxygen atoms in total. The van der Waals surface area contributed by atoms with E-state index in [0.29, 0.717) is 17.2 Å². The zero-order valence-corrected chi connectivity index (χ0v) is 21.3. The van der Waals surface area contributed by atoms with Gasteiger partial charge in [0.05, 0.1) is 11.7 Å². The number of fused-ring (bicyclic) bond motifs is 1. The first-order valence-corrected chi connectivity index (χ1v) is 13.1. The summed E-state index contributed by atoms with van der Waals surface area (Å²) in [6.07, 6.45) is 7.06. The summed E-state index contributed by atoms with van der Waals surface area (Å²) in [5.74, 6) is 1.59. The number of aromatic nitrogens is 3. The highest BCUT2D eigenvalue weighted by atomic mass is 35.5. The number of aryl methyl sites for hydroxylation is 1. The lowest BCUT2D eigenvalue weighted by Gasteiger charge is -2.29. The van der Waals surface area contributed by atoms with Crippen LogP contribution in [0, 0.1) is 0 Å². The predicted octanol–water partition coefficient (Wildman–Crippen LogP) is 5.79. The van der Waals surface area contributed by atoms with Crippen LogP contribution in [0.4, 0.5) is 5.82 Å². The number of hydrogen-bond acceptors (Lipinski definition) is 4. The van der Waals surface area contributed by atoms with Crippen molar-refractivity contribution in [3.8, 4) is 11.3 Å². The van der Waals surface area contributed by atoms with Crippen LogP contribution in [-0.2, 0) is 17.8 Å². The number of benzene rings is 2. The van der Waals surface area contributed by atoms with Crippen LogP contribution in [0.15, 0.2) is 71.7 Å². The number of carbonyl (C=O) groups is 1. The summed E-state index contributed by atoms with van der Waals surface area (Å²) in [4.78, 5) is 33.7. The first-order valence-electron chi connectivity index (χ1n) is 12.8. The van der Waals surface area contributed by atoms with E-state index in [0.717, 1.165) is 67.8 Å². The van der Waals surface area contributed by atoms with Crippen LogP contribution in [0.1, 0.15) is 44.6 Å². The predicted molar refractivity (Wildman–Crippen MR) is 145 cm³/mol. The highest BCUT2D eigenvalue weighted by Gasteiger charge is 2.33. The smallest absolute Gasteiger partial charge is 0.261 e. The van der Waals surface area contributed by atoms with Gasteiger partial charge in [0.15, 0.2) is 5.78 Å². The Morgan fingerprint density at radius 2 is 1.86 bits per heavy atom. The molecule has 0 unspecified atom stereocenters. The second-order valence-corrected chi connectivity index (χ2v) is 9.92. The SMILES string of the molecule is CCCCCn1c(N2CCC[C@H]2C(=O)Cc2ccccc2)cc(=O)n2cc(-c3ccc(Cl)cc3)nc12. The van der Waals surface area contributed by atoms with Crippen molar-refractivity contribution in [1.82, 2.24) is 14.0 Å². The standard InChI is InChI=1S/C29H31ClN4O2/c1-2-3-7-16-33-27(32-17-8-11-25(32)26(35)18-21-9-5-4-6-10-21)19-28(36)34-20-24(31-29(33)34)22-12-14-23(30)15-13-22/h4-6,9-10,12-15,19-20,25H,2-3,7-8,11,16-18H2,1H3/t25-/m0/s1. The van der Waals surface area contributed by atoms with Crippen molar-refractivity contribution in [1.29, 1.82) is 0 Å². The molecule has 1 fully saturated rings. The Kier molecular flexibility index (Phi) is 7.23. The van der Waals surface area contributed by atoms with Gasteiger partial charge in [-0.05, 0) is 37.0 Å². The molecule has 1 aliphatic heterocycles. The van der Waals surface area contributed by atoms with Gasteiger partial charge in [-0.3, -0.25) is 18.6 Å². The number of rotatable bonds is 9. The second kappa shape index (κ2) is 10.7. The van der Waals surface area contributed by atoms with Crippen LogP contribution in [0.25, 0.3) is 17.0 Å². The minimum absolute atomic E-state index is 0.138. The molecule has 3 heterocycles. The molecule has 1 saturated heterocycles. The molecule has 0 spiro atoms. The van der Waals surface area contributed by atoms with Gasteiger partial charge in [0.25, 0.3) is 5.56 Å². The monoisotopic (exact) mass is 502 g/mol. The lowest BCUT2D eigenvalue weighted by atomic mass is 10.0. The number of ketones is 1. The summed E-state index contributed by atoms with van der Waals surface area (Å²) in [7, 11) is 0. The maximum atomic E-state index is 13.4. The summed E-state index contributed by atoms with van der Waals surface area (Å²) in [5, 5.41) is 0.657. The van der Waals surface area contributed by atoms with E-state index < -0.39 is 0 Å². The molecule has 0 radical (unpaired) electrons. The first kappa shape index (κ1) is 24.3. The lowest BCUT2D eigenvalue weighted by Crippen LogP contribution is -2.39. The van der Waals surface area contributed by atoms with Gasteiger partial charge in [-0.2, -0.15) is 0 Å². The van der Waals surface area contributed by atoms with E-state index in [2.05, 4.69) is 16.4 Å². The number of Topliss-reactive ketones (excluding diaryl/α,β-unsaturated/α-hetero) is 1. The van der Waals surface area contributed by atoms with Crippen LogP contribution in [-0.4, -0.2) is 32.3 Å². The van der Waals surface area contributed by atoms with Gasteiger partial charge in [0, 0.05) is 42.4 Å². The van der Waals surface area contributed by atoms with Crippen molar-refractivity contribution in [3.63, 3.8) is 0 Å². The highest BCUT2D eigenvalue weighted by molar-refractivity contribution is 6.30. The Morgan fingerprint density at radius 3 is 2.61 bits per heavy atom. The van der Waals surface area contributed by atoms with Gasteiger partial charge in [-0.25, -0.2) is 4.98 Å². The van der Waals surface area contributed by atoms with E-state index in [1.165, 1.54) is 0 Å². The van der Waals surface area contributed by atoms with Crippen molar-refractivity contribution >= 4 is 29.0 Å². The largest absolute Gasteiger partial charge is 0.348 e. The topological polar surface area (TPSA) is 59.6 Å². The molecule has 5 rings (SSSR count). The summed E-state index contributed by atoms with van der Waals surface area (Å²) in [6.45, 7) is 3.66. The molecule has 0 amide bonds. The number of halogens is 1. The Balaban J connectivity index is 1.55. The number of anilines is 1. The van der Waals surface area contributed by atoms with Crippen LogP contribution >= 0.6 is 11.6 Å². The zero-order chi connectivity index (χ0) is 25.1. The van der Waals surface area contributed by atoms with E-state index >= 15 is 0 Å². The third kappa shape index (κ3) is 4.96. The number of unbranched alkanes of at least 4 members (excludes halogenated alkanes) is 2. The van der Waals surface area contributed by atoms with Crippen molar-refractivity contribution in [2.24, 2.45) is 0 Å². The summed E-state index contributed by atoms with van der Waals surface area (Å²) >= 11 is 6.07. The third-order valence-corrected chi connectivity index (χ3v) is 7.21. The van der Waals surface area contributed by atoms with Gasteiger partial charge >= 0.3 is 0 Å². The minimum Gasteiger partial charge on any atom is -0.348 e. The average molecular weight is 503 g/mol. The maximum Gasteiger partial charge on any atom is 0.261 e. The molecule has 0 bridgehead atoms. The molecule has 0 aliphatic carbocycles. The Hall–Kier alpha value is -3.38. The molecular formula is C29H31ClN4O2. The van der Waals surface area contributed by atoms with E-state index in [-0.39, 0.29) is 17.4 Å². The van der Waals surface area contributed by atoms with Crippen LogP contribution < -0.4 is 10.5 Å². The quantitative estimate of drug-likeness (QED) is 0.272. The Morgan fingerprint density at radius 1 is 1.08 bits per heavy atom. The molecule has 1 aliphatic rings. The number of carbonyl (C=O) groups excluding carboxylic acids is 1. The molecule has 1 atom stereocenters. The Bertz CT molecular complexity index is 1410. The Labute approximate surface area is 216 Å². The van der Waals surface area contributed by atoms with Gasteiger partial charge in [0.1, 0.15) is 5.82 Å². The van der Waals surface area contributed by atoms with E-state index in [9.17, 15) is 9.59 Å². The normalized spacial score (nSPS) is 15.6. The minimum atomic E-state index is -0.241. The molecule has 7 heteroatoms.